The van der Waals surface area contributed by atoms with Crippen molar-refractivity contribution in [2.24, 2.45) is 13.0 Å². The van der Waals surface area contributed by atoms with Crippen molar-refractivity contribution in [2.75, 3.05) is 7.11 Å². The van der Waals surface area contributed by atoms with Gasteiger partial charge in [-0.1, -0.05) is 24.5 Å². The van der Waals surface area contributed by atoms with Gasteiger partial charge in [-0.05, 0) is 18.8 Å². The van der Waals surface area contributed by atoms with Gasteiger partial charge in [0.1, 0.15) is 6.10 Å². The van der Waals surface area contributed by atoms with Gasteiger partial charge >= 0.3 is 0 Å². The number of methoxy groups -OCH3 is 1. The second-order valence-corrected chi connectivity index (χ2v) is 5.08. The van der Waals surface area contributed by atoms with E-state index in [9.17, 15) is 4.79 Å². The summed E-state index contributed by atoms with van der Waals surface area (Å²) in [6.45, 7) is 0. The van der Waals surface area contributed by atoms with E-state index in [4.69, 9.17) is 4.74 Å². The van der Waals surface area contributed by atoms with Crippen molar-refractivity contribution in [3.63, 3.8) is 0 Å². The molecule has 100 valence electrons. The van der Waals surface area contributed by atoms with Crippen LogP contribution in [0, 0.1) is 5.92 Å². The molecule has 5 nitrogen and oxygen atoms in total. The Labute approximate surface area is 108 Å². The van der Waals surface area contributed by atoms with Crippen LogP contribution in [-0.4, -0.2) is 34.0 Å². The molecule has 1 heterocycles. The first-order chi connectivity index (χ1) is 8.70. The topological polar surface area (TPSA) is 57.0 Å². The highest BCUT2D eigenvalue weighted by atomic mass is 16.5. The number of nitrogens with zero attached hydrogens (tertiary/aromatic N) is 3. The van der Waals surface area contributed by atoms with E-state index in [1.54, 1.807) is 25.0 Å². The van der Waals surface area contributed by atoms with Crippen LogP contribution in [0.5, 0.6) is 0 Å². The van der Waals surface area contributed by atoms with Crippen molar-refractivity contribution in [2.45, 2.75) is 44.6 Å². The van der Waals surface area contributed by atoms with Gasteiger partial charge in [0, 0.05) is 20.4 Å². The molecule has 1 unspecified atom stereocenters. The maximum absolute atomic E-state index is 12.3. The van der Waals surface area contributed by atoms with Crippen LogP contribution in [0.3, 0.4) is 0 Å². The summed E-state index contributed by atoms with van der Waals surface area (Å²) >= 11 is 0. The molecular formula is C13H21N3O2. The van der Waals surface area contributed by atoms with E-state index in [2.05, 4.69) is 10.3 Å². The van der Waals surface area contributed by atoms with E-state index >= 15 is 0 Å². The third-order valence-electron chi connectivity index (χ3n) is 3.65. The zero-order chi connectivity index (χ0) is 13.0. The van der Waals surface area contributed by atoms with Gasteiger partial charge in [-0.25, -0.2) is 0 Å². The Morgan fingerprint density at radius 2 is 2.22 bits per heavy atom. The summed E-state index contributed by atoms with van der Waals surface area (Å²) in [5.74, 6) is 0.512. The number of carbonyl (C=O) groups is 1. The van der Waals surface area contributed by atoms with Crippen molar-refractivity contribution in [3.8, 4) is 0 Å². The van der Waals surface area contributed by atoms with Crippen molar-refractivity contribution in [1.82, 2.24) is 15.0 Å². The minimum atomic E-state index is -0.271. The van der Waals surface area contributed by atoms with Gasteiger partial charge in [-0.3, -0.25) is 9.48 Å². The van der Waals surface area contributed by atoms with E-state index in [1.807, 2.05) is 0 Å². The SMILES string of the molecule is COC(C(=O)Cc1cn(C)nn1)C1CCCCC1. The molecule has 0 radical (unpaired) electrons. The van der Waals surface area contributed by atoms with Crippen LogP contribution in [0.2, 0.25) is 0 Å². The minimum absolute atomic E-state index is 0.130. The van der Waals surface area contributed by atoms with Crippen molar-refractivity contribution < 1.29 is 9.53 Å². The highest BCUT2D eigenvalue weighted by Gasteiger charge is 2.29. The van der Waals surface area contributed by atoms with Crippen LogP contribution in [0.1, 0.15) is 37.8 Å². The molecule has 0 aliphatic heterocycles. The fraction of sp³-hybridized carbons (Fsp3) is 0.769. The number of hydrogen-bond donors (Lipinski definition) is 0. The smallest absolute Gasteiger partial charge is 0.167 e. The Kier molecular flexibility index (Phi) is 4.47. The van der Waals surface area contributed by atoms with Crippen molar-refractivity contribution >= 4 is 5.78 Å². The molecule has 1 aromatic heterocycles. The van der Waals surface area contributed by atoms with Gasteiger partial charge in [0.05, 0.1) is 12.1 Å². The molecule has 18 heavy (non-hydrogen) atoms. The van der Waals surface area contributed by atoms with Crippen LogP contribution >= 0.6 is 0 Å². The van der Waals surface area contributed by atoms with E-state index in [-0.39, 0.29) is 11.9 Å². The Morgan fingerprint density at radius 1 is 1.50 bits per heavy atom. The molecular weight excluding hydrogens is 230 g/mol. The predicted molar refractivity (Wildman–Crippen MR) is 67.1 cm³/mol. The van der Waals surface area contributed by atoms with Gasteiger partial charge in [0.25, 0.3) is 0 Å². The summed E-state index contributed by atoms with van der Waals surface area (Å²) in [4.78, 5) is 12.3. The number of hydrogen-bond acceptors (Lipinski definition) is 4. The summed E-state index contributed by atoms with van der Waals surface area (Å²) < 4.78 is 7.04. The maximum atomic E-state index is 12.3. The van der Waals surface area contributed by atoms with Gasteiger partial charge in [-0.15, -0.1) is 5.10 Å². The highest BCUT2D eigenvalue weighted by molar-refractivity contribution is 5.85. The van der Waals surface area contributed by atoms with Gasteiger partial charge in [0.2, 0.25) is 0 Å². The third kappa shape index (κ3) is 3.16. The van der Waals surface area contributed by atoms with Crippen LogP contribution in [-0.2, 0) is 23.0 Å². The van der Waals surface area contributed by atoms with Gasteiger partial charge in [0.15, 0.2) is 5.78 Å². The number of aryl methyl sites for hydroxylation is 1. The van der Waals surface area contributed by atoms with E-state index in [0.29, 0.717) is 12.3 Å². The average Bonchev–Trinajstić information content (AvgIpc) is 2.77. The minimum Gasteiger partial charge on any atom is -0.373 e. The molecule has 0 amide bonds. The molecule has 1 aliphatic rings. The standard InChI is InChI=1S/C13H21N3O2/c1-16-9-11(14-15-16)8-12(17)13(18-2)10-6-4-3-5-7-10/h9-10,13H,3-8H2,1-2H3. The lowest BCUT2D eigenvalue weighted by molar-refractivity contribution is -0.132. The lowest BCUT2D eigenvalue weighted by Crippen LogP contribution is -2.34. The highest BCUT2D eigenvalue weighted by Crippen LogP contribution is 2.28. The molecule has 0 spiro atoms. The number of Topliss-reactive ketones (excluding diaryl/α,β-unsaturated/α-hetero) is 1. The number of rotatable bonds is 5. The Bertz CT molecular complexity index is 397. The molecule has 0 saturated heterocycles. The summed E-state index contributed by atoms with van der Waals surface area (Å²) in [6, 6.07) is 0. The molecule has 1 saturated carbocycles. The van der Waals surface area contributed by atoms with Crippen LogP contribution < -0.4 is 0 Å². The van der Waals surface area contributed by atoms with Crippen molar-refractivity contribution in [3.05, 3.63) is 11.9 Å². The first-order valence-electron chi connectivity index (χ1n) is 6.61. The fourth-order valence-corrected chi connectivity index (χ4v) is 2.78. The van der Waals surface area contributed by atoms with Crippen LogP contribution in [0.15, 0.2) is 6.20 Å². The van der Waals surface area contributed by atoms with E-state index in [1.165, 1.54) is 19.3 Å². The van der Waals surface area contributed by atoms with Crippen molar-refractivity contribution in [1.29, 1.82) is 0 Å². The summed E-state index contributed by atoms with van der Waals surface area (Å²) in [6.07, 6.45) is 7.74. The molecule has 1 atom stereocenters. The lowest BCUT2D eigenvalue weighted by Gasteiger charge is -2.28. The quantitative estimate of drug-likeness (QED) is 0.796. The Balaban J connectivity index is 1.96. The second kappa shape index (κ2) is 6.09. The zero-order valence-electron chi connectivity index (χ0n) is 11.1. The second-order valence-electron chi connectivity index (χ2n) is 5.08. The van der Waals surface area contributed by atoms with E-state index < -0.39 is 0 Å². The first kappa shape index (κ1) is 13.2. The lowest BCUT2D eigenvalue weighted by atomic mass is 9.83. The Morgan fingerprint density at radius 3 is 2.78 bits per heavy atom. The van der Waals surface area contributed by atoms with E-state index in [0.717, 1.165) is 18.5 Å². The van der Waals surface area contributed by atoms with Gasteiger partial charge in [-0.2, -0.15) is 0 Å². The summed E-state index contributed by atoms with van der Waals surface area (Å²) in [5.41, 5.74) is 0.723. The largest absolute Gasteiger partial charge is 0.373 e. The molecule has 2 rings (SSSR count). The molecule has 0 bridgehead atoms. The molecule has 5 heteroatoms. The average molecular weight is 251 g/mol. The Hall–Kier alpha value is -1.23. The van der Waals surface area contributed by atoms with Gasteiger partial charge < -0.3 is 4.74 Å². The number of ether oxygens (including phenoxy) is 1. The zero-order valence-corrected chi connectivity index (χ0v) is 11.1. The summed E-state index contributed by atoms with van der Waals surface area (Å²) in [5, 5.41) is 7.80. The number of aromatic nitrogens is 3. The third-order valence-corrected chi connectivity index (χ3v) is 3.65. The monoisotopic (exact) mass is 251 g/mol. The predicted octanol–water partition coefficient (Wildman–Crippen LogP) is 1.52. The number of carbonyl (C=O) groups excluding carboxylic acids is 1. The maximum Gasteiger partial charge on any atom is 0.167 e. The molecule has 0 aromatic carbocycles. The normalized spacial score (nSPS) is 18.8. The fourth-order valence-electron chi connectivity index (χ4n) is 2.78. The first-order valence-corrected chi connectivity index (χ1v) is 6.61. The molecule has 1 fully saturated rings. The summed E-state index contributed by atoms with van der Waals surface area (Å²) in [7, 11) is 3.43. The molecule has 1 aromatic rings. The molecule has 0 N–H and O–H groups in total. The van der Waals surface area contributed by atoms with Crippen LogP contribution in [0.4, 0.5) is 0 Å². The number of ketones is 1. The van der Waals surface area contributed by atoms with Crippen LogP contribution in [0.25, 0.3) is 0 Å². The molecule has 1 aliphatic carbocycles.